The van der Waals surface area contributed by atoms with Crippen molar-refractivity contribution in [2.45, 2.75) is 108 Å². The third-order valence-corrected chi connectivity index (χ3v) is 13.5. The molecule has 9 atom stereocenters. The zero-order valence-electron chi connectivity index (χ0n) is 35.0. The molecule has 0 radical (unpaired) electrons. The highest BCUT2D eigenvalue weighted by molar-refractivity contribution is 8.76. The highest BCUT2D eigenvalue weighted by Gasteiger charge is 2.64. The van der Waals surface area contributed by atoms with Gasteiger partial charge in [0.1, 0.15) is 46.8 Å². The first-order valence-corrected chi connectivity index (χ1v) is 22.1. The summed E-state index contributed by atoms with van der Waals surface area (Å²) in [5.74, 6) is -1.59. The Kier molecular flexibility index (Phi) is 16.0. The second kappa shape index (κ2) is 19.7. The van der Waals surface area contributed by atoms with E-state index in [9.17, 15) is 29.1 Å². The number of nitrogens with one attached hydrogen (secondary N) is 1. The Labute approximate surface area is 353 Å². The fraction of sp³-hybridized carbons (Fsp3) is 0.625. The molecule has 4 rings (SSSR count). The SMILES string of the molecule is COc1cc2cc(c1Cl)N(C)C(=O)CC(OC(=O)C(C)N(C)C(=O)C(C)N(C)C(=O)CCSSC)[C@@]1(C)OC1C(C)C1CC(O)(NC(=O)O1)C(OC)/C=C/C=C(\C)C2. The van der Waals surface area contributed by atoms with Crippen molar-refractivity contribution in [3.63, 3.8) is 0 Å². The number of carbonyl (C=O) groups is 5. The van der Waals surface area contributed by atoms with E-state index in [1.165, 1.54) is 42.9 Å². The number of hydrogen-bond acceptors (Lipinski definition) is 13. The van der Waals surface area contributed by atoms with E-state index in [0.717, 1.165) is 11.1 Å². The molecule has 4 amide bonds. The Bertz CT molecular complexity index is 1780. The van der Waals surface area contributed by atoms with Crippen molar-refractivity contribution in [3.8, 4) is 5.75 Å². The lowest BCUT2D eigenvalue weighted by molar-refractivity contribution is -0.163. The van der Waals surface area contributed by atoms with E-state index in [4.69, 9.17) is 35.3 Å². The van der Waals surface area contributed by atoms with Gasteiger partial charge < -0.3 is 43.5 Å². The van der Waals surface area contributed by atoms with Gasteiger partial charge in [-0.05, 0) is 58.1 Å². The number of ether oxygens (including phenoxy) is 5. The zero-order chi connectivity index (χ0) is 43.3. The summed E-state index contributed by atoms with van der Waals surface area (Å²) < 4.78 is 29.3. The summed E-state index contributed by atoms with van der Waals surface area (Å²) in [6, 6.07) is 1.57. The molecule has 4 bridgehead atoms. The topological polar surface area (TPSA) is 177 Å². The Morgan fingerprint density at radius 2 is 1.84 bits per heavy atom. The first-order valence-electron chi connectivity index (χ1n) is 19.0. The minimum absolute atomic E-state index is 0.0763. The number of rotatable bonds is 11. The predicted octanol–water partition coefficient (Wildman–Crippen LogP) is 4.76. The molecule has 0 aliphatic carbocycles. The number of likely N-dealkylation sites (N-methyl/N-ethyl adjacent to an activating group) is 2. The Morgan fingerprint density at radius 3 is 2.48 bits per heavy atom. The number of epoxide rings is 1. The van der Waals surface area contributed by atoms with Gasteiger partial charge in [0.05, 0.1) is 25.3 Å². The van der Waals surface area contributed by atoms with Crippen LogP contribution in [0.25, 0.3) is 0 Å². The monoisotopic (exact) mass is 868 g/mol. The highest BCUT2D eigenvalue weighted by atomic mass is 35.5. The van der Waals surface area contributed by atoms with Crippen LogP contribution in [-0.4, -0.2) is 140 Å². The van der Waals surface area contributed by atoms with Crippen molar-refractivity contribution in [3.05, 3.63) is 46.5 Å². The number of nitrogens with zero attached hydrogens (tertiary/aromatic N) is 3. The van der Waals surface area contributed by atoms with Gasteiger partial charge in [-0.2, -0.15) is 0 Å². The largest absolute Gasteiger partial charge is 0.495 e. The lowest BCUT2D eigenvalue weighted by Crippen LogP contribution is -2.63. The first kappa shape index (κ1) is 47.2. The van der Waals surface area contributed by atoms with E-state index in [1.54, 1.807) is 80.7 Å². The average molecular weight is 870 g/mol. The molecular weight excluding hydrogens is 812 g/mol. The molecule has 0 aromatic heterocycles. The van der Waals surface area contributed by atoms with Crippen LogP contribution in [0.1, 0.15) is 59.4 Å². The zero-order valence-corrected chi connectivity index (χ0v) is 37.4. The Morgan fingerprint density at radius 1 is 1.16 bits per heavy atom. The number of benzene rings is 1. The highest BCUT2D eigenvalue weighted by Crippen LogP contribution is 2.49. The van der Waals surface area contributed by atoms with Crippen LogP contribution in [0.2, 0.25) is 5.02 Å². The Balaban J connectivity index is 1.70. The van der Waals surface area contributed by atoms with Crippen LogP contribution < -0.4 is 15.0 Å². The van der Waals surface area contributed by atoms with E-state index in [2.05, 4.69) is 5.32 Å². The van der Waals surface area contributed by atoms with Crippen LogP contribution in [0, 0.1) is 5.92 Å². The molecule has 2 N–H and O–H groups in total. The summed E-state index contributed by atoms with van der Waals surface area (Å²) >= 11 is 6.78. The fourth-order valence-corrected chi connectivity index (χ4v) is 8.75. The molecule has 1 aromatic carbocycles. The molecule has 2 fully saturated rings. The molecule has 3 aliphatic heterocycles. The fourth-order valence-electron chi connectivity index (χ4n) is 7.26. The molecule has 3 aliphatic rings. The molecule has 3 heterocycles. The lowest BCUT2D eigenvalue weighted by Gasteiger charge is -2.42. The smallest absolute Gasteiger partial charge is 0.409 e. The van der Waals surface area contributed by atoms with E-state index in [1.807, 2.05) is 19.3 Å². The average Bonchev–Trinajstić information content (AvgIpc) is 3.88. The van der Waals surface area contributed by atoms with Crippen LogP contribution in [0.5, 0.6) is 5.75 Å². The van der Waals surface area contributed by atoms with Crippen LogP contribution in [-0.2, 0) is 44.5 Å². The van der Waals surface area contributed by atoms with Gasteiger partial charge in [0.2, 0.25) is 17.7 Å². The molecule has 15 nitrogen and oxygen atoms in total. The summed E-state index contributed by atoms with van der Waals surface area (Å²) in [5.41, 5.74) is -1.06. The number of hydrogen-bond donors (Lipinski definition) is 2. The number of carbonyl (C=O) groups excluding carboxylic acids is 5. The molecule has 18 heteroatoms. The molecule has 0 saturated carbocycles. The van der Waals surface area contributed by atoms with Gasteiger partial charge in [0, 0.05) is 52.8 Å². The molecule has 2 saturated heterocycles. The standard InChI is InChI=1S/C40H57ClN4O11S2/c1-22-13-12-14-30(53-10)40(51)21-29(54-38(50)42-40)23(2)35-39(5,56-35)31(20-33(47)45(8)27-18-26(17-22)19-28(52-9)34(27)41)55-37(49)25(4)44(7)36(48)24(3)43(6)32(46)15-16-58-57-11/h12-14,18-19,23-25,29-31,35,51H,15-17,20-21H2,1-11H3,(H,42,50)/b14-12+,22-13+/t23?,24?,25?,29?,30?,31?,35?,39-,40?/m1/s1. The van der Waals surface area contributed by atoms with E-state index < -0.39 is 77.6 Å². The second-order valence-electron chi connectivity index (χ2n) is 15.3. The number of anilines is 1. The Hall–Kier alpha value is -3.48. The van der Waals surface area contributed by atoms with Crippen molar-refractivity contribution >= 4 is 68.7 Å². The lowest BCUT2D eigenvalue weighted by atomic mass is 9.83. The number of amides is 4. The molecule has 0 spiro atoms. The number of fused-ring (bicyclic) bond motifs is 5. The molecular formula is C40H57ClN4O11S2. The third kappa shape index (κ3) is 10.6. The van der Waals surface area contributed by atoms with Crippen LogP contribution >= 0.6 is 33.2 Å². The van der Waals surface area contributed by atoms with Crippen molar-refractivity contribution in [1.29, 1.82) is 0 Å². The maximum absolute atomic E-state index is 14.2. The summed E-state index contributed by atoms with van der Waals surface area (Å²) in [7, 11) is 10.6. The van der Waals surface area contributed by atoms with Gasteiger partial charge in [-0.1, -0.05) is 63.9 Å². The second-order valence-corrected chi connectivity index (χ2v) is 18.3. The van der Waals surface area contributed by atoms with Gasteiger partial charge in [0.15, 0.2) is 5.72 Å². The van der Waals surface area contributed by atoms with Crippen molar-refractivity contribution in [2.24, 2.45) is 5.92 Å². The van der Waals surface area contributed by atoms with Crippen molar-refractivity contribution in [1.82, 2.24) is 15.1 Å². The minimum atomic E-state index is -1.85. The number of allylic oxidation sites excluding steroid dienone is 3. The first-order chi connectivity index (χ1) is 27.2. The maximum Gasteiger partial charge on any atom is 0.409 e. The predicted molar refractivity (Wildman–Crippen MR) is 224 cm³/mol. The number of halogens is 1. The minimum Gasteiger partial charge on any atom is -0.495 e. The van der Waals surface area contributed by atoms with Gasteiger partial charge in [-0.15, -0.1) is 0 Å². The van der Waals surface area contributed by atoms with Crippen molar-refractivity contribution in [2.75, 3.05) is 52.3 Å². The number of methoxy groups -OCH3 is 2. The normalized spacial score (nSPS) is 30.0. The quantitative estimate of drug-likeness (QED) is 0.135. The maximum atomic E-state index is 14.2. The summed E-state index contributed by atoms with van der Waals surface area (Å²) in [4.78, 5) is 71.4. The van der Waals surface area contributed by atoms with Gasteiger partial charge in [0.25, 0.3) is 0 Å². The van der Waals surface area contributed by atoms with Crippen LogP contribution in [0.4, 0.5) is 10.5 Å². The number of alkyl carbamates (subject to hydrolysis) is 1. The van der Waals surface area contributed by atoms with Gasteiger partial charge >= 0.3 is 12.1 Å². The number of esters is 1. The van der Waals surface area contributed by atoms with Crippen LogP contribution in [0.3, 0.4) is 0 Å². The van der Waals surface area contributed by atoms with E-state index in [-0.39, 0.29) is 30.2 Å². The van der Waals surface area contributed by atoms with Crippen molar-refractivity contribution < 1.29 is 52.8 Å². The summed E-state index contributed by atoms with van der Waals surface area (Å²) in [6.45, 7) is 8.48. The van der Waals surface area contributed by atoms with E-state index in [0.29, 0.717) is 23.6 Å². The summed E-state index contributed by atoms with van der Waals surface area (Å²) in [6.07, 6.45) is 2.80. The summed E-state index contributed by atoms with van der Waals surface area (Å²) in [5, 5.41) is 14.5. The van der Waals surface area contributed by atoms with Crippen LogP contribution in [0.15, 0.2) is 35.9 Å². The molecule has 58 heavy (non-hydrogen) atoms. The molecule has 8 unspecified atom stereocenters. The molecule has 1 aromatic rings. The van der Waals surface area contributed by atoms with E-state index >= 15 is 0 Å². The molecule has 322 valence electrons. The van der Waals surface area contributed by atoms with Gasteiger partial charge in [-0.25, -0.2) is 9.59 Å². The van der Waals surface area contributed by atoms with Gasteiger partial charge in [-0.3, -0.25) is 19.7 Å². The number of aliphatic hydroxyl groups is 1. The third-order valence-electron chi connectivity index (χ3n) is 11.3.